The van der Waals surface area contributed by atoms with Gasteiger partial charge in [-0.05, 0) is 38.3 Å². The van der Waals surface area contributed by atoms with Crippen molar-refractivity contribution in [3.8, 4) is 0 Å². The Morgan fingerprint density at radius 2 is 1.90 bits per heavy atom. The molecule has 1 aliphatic carbocycles. The third-order valence-electron chi connectivity index (χ3n) is 3.81. The molecule has 0 aliphatic heterocycles. The van der Waals surface area contributed by atoms with Crippen LogP contribution in [0, 0.1) is 29.9 Å². The normalized spacial score (nSPS) is 20.5. The number of nitro benzene ring substituents is 1. The van der Waals surface area contributed by atoms with E-state index in [4.69, 9.17) is 5.11 Å². The van der Waals surface area contributed by atoms with Gasteiger partial charge in [-0.3, -0.25) is 19.7 Å². The highest BCUT2D eigenvalue weighted by Crippen LogP contribution is 2.28. The molecule has 0 aromatic heterocycles. The van der Waals surface area contributed by atoms with E-state index in [0.29, 0.717) is 24.0 Å². The van der Waals surface area contributed by atoms with Crippen LogP contribution in [0.5, 0.6) is 0 Å². The molecule has 0 atom stereocenters. The first-order valence-corrected chi connectivity index (χ1v) is 6.59. The van der Waals surface area contributed by atoms with Crippen molar-refractivity contribution in [2.75, 3.05) is 0 Å². The zero-order valence-corrected chi connectivity index (χ0v) is 11.8. The van der Waals surface area contributed by atoms with E-state index in [9.17, 15) is 19.7 Å². The number of carbonyl (C=O) groups excluding carboxylic acids is 1. The highest BCUT2D eigenvalue weighted by atomic mass is 16.6. The second kappa shape index (κ2) is 5.51. The summed E-state index contributed by atoms with van der Waals surface area (Å²) in [5.41, 5.74) is 1.32. The van der Waals surface area contributed by atoms with E-state index in [0.717, 1.165) is 0 Å². The third-order valence-corrected chi connectivity index (χ3v) is 3.81. The van der Waals surface area contributed by atoms with Crippen molar-refractivity contribution >= 4 is 17.6 Å². The molecule has 0 heterocycles. The minimum atomic E-state index is -0.859. The molecule has 2 N–H and O–H groups in total. The summed E-state index contributed by atoms with van der Waals surface area (Å²) in [4.78, 5) is 33.3. The van der Waals surface area contributed by atoms with Gasteiger partial charge in [0.05, 0.1) is 10.8 Å². The Balaban J connectivity index is 2.11. The molecule has 1 aliphatic rings. The Morgan fingerprint density at radius 3 is 2.43 bits per heavy atom. The highest BCUT2D eigenvalue weighted by Gasteiger charge is 2.35. The molecular weight excluding hydrogens is 276 g/mol. The fourth-order valence-corrected chi connectivity index (χ4v) is 2.48. The quantitative estimate of drug-likeness (QED) is 0.649. The molecule has 7 heteroatoms. The van der Waals surface area contributed by atoms with Gasteiger partial charge in [-0.25, -0.2) is 0 Å². The highest BCUT2D eigenvalue weighted by molar-refractivity contribution is 5.96. The number of carboxylic acids is 1. The molecular formula is C14H16N2O5. The number of nitrogens with one attached hydrogen (secondary N) is 1. The molecule has 2 rings (SSSR count). The maximum Gasteiger partial charge on any atom is 0.306 e. The number of rotatable bonds is 4. The SMILES string of the molecule is Cc1cc(C)c([N+](=O)[O-])cc1C(=O)NC1CC(C(=O)O)C1. The average molecular weight is 292 g/mol. The molecule has 1 aromatic carbocycles. The lowest BCUT2D eigenvalue weighted by atomic mass is 9.80. The lowest BCUT2D eigenvalue weighted by Gasteiger charge is -2.32. The van der Waals surface area contributed by atoms with E-state index in [1.54, 1.807) is 19.9 Å². The number of hydrogen-bond donors (Lipinski definition) is 2. The molecule has 0 saturated heterocycles. The summed E-state index contributed by atoms with van der Waals surface area (Å²) in [5.74, 6) is -1.67. The van der Waals surface area contributed by atoms with Crippen LogP contribution in [0.25, 0.3) is 0 Å². The van der Waals surface area contributed by atoms with Crippen LogP contribution in [0.2, 0.25) is 0 Å². The number of nitro groups is 1. The molecule has 21 heavy (non-hydrogen) atoms. The summed E-state index contributed by atoms with van der Waals surface area (Å²) in [7, 11) is 0. The van der Waals surface area contributed by atoms with E-state index in [-0.39, 0.29) is 17.3 Å². The van der Waals surface area contributed by atoms with Crippen LogP contribution in [0.1, 0.15) is 34.3 Å². The second-order valence-corrected chi connectivity index (χ2v) is 5.39. The number of carboxylic acid groups (broad SMARTS) is 1. The van der Waals surface area contributed by atoms with Gasteiger partial charge >= 0.3 is 5.97 Å². The Labute approximate surface area is 121 Å². The largest absolute Gasteiger partial charge is 0.481 e. The molecule has 1 saturated carbocycles. The van der Waals surface area contributed by atoms with E-state index in [1.165, 1.54) is 6.07 Å². The fraction of sp³-hybridized carbons (Fsp3) is 0.429. The van der Waals surface area contributed by atoms with Crippen molar-refractivity contribution in [3.63, 3.8) is 0 Å². The van der Waals surface area contributed by atoms with Gasteiger partial charge in [0.2, 0.25) is 0 Å². The summed E-state index contributed by atoms with van der Waals surface area (Å²) >= 11 is 0. The number of nitrogens with zero attached hydrogens (tertiary/aromatic N) is 1. The van der Waals surface area contributed by atoms with Crippen LogP contribution in [0.15, 0.2) is 12.1 Å². The number of benzene rings is 1. The average Bonchev–Trinajstić information content (AvgIpc) is 2.31. The molecule has 7 nitrogen and oxygen atoms in total. The van der Waals surface area contributed by atoms with Gasteiger partial charge in [0, 0.05) is 23.2 Å². The van der Waals surface area contributed by atoms with Crippen molar-refractivity contribution in [1.29, 1.82) is 0 Å². The van der Waals surface area contributed by atoms with E-state index in [1.807, 2.05) is 0 Å². The zero-order chi connectivity index (χ0) is 15.7. The van der Waals surface area contributed by atoms with Gasteiger partial charge in [-0.15, -0.1) is 0 Å². The first-order chi connectivity index (χ1) is 9.79. The molecule has 112 valence electrons. The summed E-state index contributed by atoms with van der Waals surface area (Å²) in [6.07, 6.45) is 0.794. The Kier molecular flexibility index (Phi) is 3.93. The van der Waals surface area contributed by atoms with Gasteiger partial charge < -0.3 is 10.4 Å². The van der Waals surface area contributed by atoms with Gasteiger partial charge in [-0.1, -0.05) is 0 Å². The lowest BCUT2D eigenvalue weighted by molar-refractivity contribution is -0.385. The zero-order valence-electron chi connectivity index (χ0n) is 11.8. The number of carbonyl (C=O) groups is 2. The minimum Gasteiger partial charge on any atom is -0.481 e. The molecule has 0 bridgehead atoms. The summed E-state index contributed by atoms with van der Waals surface area (Å²) < 4.78 is 0. The maximum atomic E-state index is 12.2. The predicted molar refractivity (Wildman–Crippen MR) is 74.2 cm³/mol. The van der Waals surface area contributed by atoms with Crippen LogP contribution in [-0.4, -0.2) is 27.9 Å². The molecule has 1 amide bonds. The molecule has 0 unspecified atom stereocenters. The summed E-state index contributed by atoms with van der Waals surface area (Å²) in [6, 6.07) is 2.69. The maximum absolute atomic E-state index is 12.2. The van der Waals surface area contributed by atoms with Crippen molar-refractivity contribution in [2.45, 2.75) is 32.7 Å². The van der Waals surface area contributed by atoms with Crippen LogP contribution in [-0.2, 0) is 4.79 Å². The van der Waals surface area contributed by atoms with Crippen molar-refractivity contribution in [3.05, 3.63) is 38.9 Å². The number of aliphatic carboxylic acids is 1. The number of hydrogen-bond acceptors (Lipinski definition) is 4. The molecule has 1 aromatic rings. The molecule has 0 spiro atoms. The van der Waals surface area contributed by atoms with E-state index in [2.05, 4.69) is 5.32 Å². The standard InChI is InChI=1S/C14H16N2O5/c1-7-3-8(2)12(16(20)21)6-11(7)13(17)15-10-4-9(5-10)14(18)19/h3,6,9-10H,4-5H2,1-2H3,(H,15,17)(H,18,19). The number of aryl methyl sites for hydroxylation is 2. The fourth-order valence-electron chi connectivity index (χ4n) is 2.48. The second-order valence-electron chi connectivity index (χ2n) is 5.39. The van der Waals surface area contributed by atoms with Gasteiger partial charge in [0.15, 0.2) is 0 Å². The Hall–Kier alpha value is -2.44. The van der Waals surface area contributed by atoms with Crippen molar-refractivity contribution in [1.82, 2.24) is 5.32 Å². The Morgan fingerprint density at radius 1 is 1.29 bits per heavy atom. The smallest absolute Gasteiger partial charge is 0.306 e. The number of amides is 1. The Bertz CT molecular complexity index is 620. The first-order valence-electron chi connectivity index (χ1n) is 6.59. The van der Waals surface area contributed by atoms with Crippen LogP contribution in [0.3, 0.4) is 0 Å². The summed E-state index contributed by atoms with van der Waals surface area (Å²) in [5, 5.41) is 22.4. The third kappa shape index (κ3) is 3.01. The van der Waals surface area contributed by atoms with Crippen LogP contribution >= 0.6 is 0 Å². The lowest BCUT2D eigenvalue weighted by Crippen LogP contribution is -2.46. The monoisotopic (exact) mass is 292 g/mol. The van der Waals surface area contributed by atoms with Gasteiger partial charge in [0.1, 0.15) is 0 Å². The van der Waals surface area contributed by atoms with Gasteiger partial charge in [0.25, 0.3) is 11.6 Å². The summed E-state index contributed by atoms with van der Waals surface area (Å²) in [6.45, 7) is 3.34. The first kappa shape index (κ1) is 15.0. The van der Waals surface area contributed by atoms with Crippen molar-refractivity contribution < 1.29 is 19.6 Å². The van der Waals surface area contributed by atoms with Crippen molar-refractivity contribution in [2.24, 2.45) is 5.92 Å². The minimum absolute atomic E-state index is 0.0947. The van der Waals surface area contributed by atoms with Crippen LogP contribution < -0.4 is 5.32 Å². The van der Waals surface area contributed by atoms with Gasteiger partial charge in [-0.2, -0.15) is 0 Å². The topological polar surface area (TPSA) is 110 Å². The predicted octanol–water partition coefficient (Wildman–Crippen LogP) is 1.80. The molecule has 0 radical (unpaired) electrons. The van der Waals surface area contributed by atoms with E-state index < -0.39 is 22.7 Å². The van der Waals surface area contributed by atoms with Crippen LogP contribution in [0.4, 0.5) is 5.69 Å². The molecule has 1 fully saturated rings. The van der Waals surface area contributed by atoms with E-state index >= 15 is 0 Å².